The van der Waals surface area contributed by atoms with Crippen molar-refractivity contribution in [1.29, 1.82) is 0 Å². The average Bonchev–Trinajstić information content (AvgIpc) is 2.77. The molecule has 22 heavy (non-hydrogen) atoms. The Labute approximate surface area is 130 Å². The van der Waals surface area contributed by atoms with Crippen LogP contribution < -0.4 is 5.32 Å². The van der Waals surface area contributed by atoms with E-state index in [2.05, 4.69) is 36.1 Å². The number of benzene rings is 1. The second-order valence-corrected chi connectivity index (χ2v) is 6.74. The quantitative estimate of drug-likeness (QED) is 0.926. The number of nitrogens with zero attached hydrogens (tertiary/aromatic N) is 3. The second-order valence-electron chi connectivity index (χ2n) is 6.74. The summed E-state index contributed by atoms with van der Waals surface area (Å²) >= 11 is 0. The minimum Gasteiger partial charge on any atom is -0.373 e. The number of hydrogen-bond donors (Lipinski definition) is 1. The van der Waals surface area contributed by atoms with E-state index in [-0.39, 0.29) is 11.4 Å². The first kappa shape index (κ1) is 14.8. The van der Waals surface area contributed by atoms with Crippen molar-refractivity contribution in [1.82, 2.24) is 14.9 Å². The lowest BCUT2D eigenvalue weighted by Gasteiger charge is -2.31. The van der Waals surface area contributed by atoms with Crippen LogP contribution in [0.25, 0.3) is 10.9 Å². The van der Waals surface area contributed by atoms with Crippen LogP contribution in [0.1, 0.15) is 37.6 Å². The highest BCUT2D eigenvalue weighted by Crippen LogP contribution is 2.34. The first-order chi connectivity index (χ1) is 10.4. The summed E-state index contributed by atoms with van der Waals surface area (Å²) in [6, 6.07) is 5.65. The fourth-order valence-electron chi connectivity index (χ4n) is 3.49. The maximum absolute atomic E-state index is 12.9. The van der Waals surface area contributed by atoms with Crippen molar-refractivity contribution in [3.8, 4) is 0 Å². The van der Waals surface area contributed by atoms with Crippen molar-refractivity contribution in [2.24, 2.45) is 5.92 Å². The van der Waals surface area contributed by atoms with E-state index in [1.165, 1.54) is 6.33 Å². The molecule has 3 rings (SSSR count). The Morgan fingerprint density at radius 1 is 1.36 bits per heavy atom. The summed E-state index contributed by atoms with van der Waals surface area (Å²) in [4.78, 5) is 23.3. The Kier molecular flexibility index (Phi) is 3.51. The first-order valence-electron chi connectivity index (χ1n) is 7.67. The summed E-state index contributed by atoms with van der Waals surface area (Å²) in [5, 5.41) is 3.97. The second kappa shape index (κ2) is 5.23. The van der Waals surface area contributed by atoms with Crippen molar-refractivity contribution in [3.63, 3.8) is 0 Å². The lowest BCUT2D eigenvalue weighted by atomic mass is 9.97. The third kappa shape index (κ3) is 2.40. The largest absolute Gasteiger partial charge is 0.373 e. The minimum absolute atomic E-state index is 0.0841. The predicted octanol–water partition coefficient (Wildman–Crippen LogP) is 2.93. The molecule has 1 saturated heterocycles. The van der Waals surface area contributed by atoms with Crippen molar-refractivity contribution in [3.05, 3.63) is 30.1 Å². The number of rotatable bonds is 2. The molecule has 0 aliphatic carbocycles. The number of anilines is 1. The average molecular weight is 298 g/mol. The zero-order valence-electron chi connectivity index (χ0n) is 13.6. The third-order valence-corrected chi connectivity index (χ3v) is 4.44. The first-order valence-corrected chi connectivity index (χ1v) is 7.67. The van der Waals surface area contributed by atoms with Gasteiger partial charge in [0.15, 0.2) is 0 Å². The molecular weight excluding hydrogens is 276 g/mol. The smallest absolute Gasteiger partial charge is 0.254 e. The molecule has 1 amide bonds. The van der Waals surface area contributed by atoms with Gasteiger partial charge in [-0.3, -0.25) is 4.79 Å². The molecular formula is C17H22N4O. The summed E-state index contributed by atoms with van der Waals surface area (Å²) in [5.41, 5.74) is 1.39. The van der Waals surface area contributed by atoms with Gasteiger partial charge in [0.2, 0.25) is 0 Å². The lowest BCUT2D eigenvalue weighted by Crippen LogP contribution is -2.42. The fourth-order valence-corrected chi connectivity index (χ4v) is 3.49. The van der Waals surface area contributed by atoms with E-state index in [9.17, 15) is 4.79 Å². The van der Waals surface area contributed by atoms with Crippen LogP contribution >= 0.6 is 0 Å². The van der Waals surface area contributed by atoms with E-state index in [1.807, 2.05) is 30.1 Å². The molecule has 0 bridgehead atoms. The summed E-state index contributed by atoms with van der Waals surface area (Å²) in [5.74, 6) is 1.40. The monoisotopic (exact) mass is 298 g/mol. The van der Waals surface area contributed by atoms with Crippen molar-refractivity contribution < 1.29 is 4.79 Å². The van der Waals surface area contributed by atoms with Crippen LogP contribution in [-0.4, -0.2) is 39.9 Å². The van der Waals surface area contributed by atoms with E-state index in [1.54, 1.807) is 0 Å². The summed E-state index contributed by atoms with van der Waals surface area (Å²) in [6.07, 6.45) is 2.56. The van der Waals surface area contributed by atoms with Gasteiger partial charge in [0.25, 0.3) is 5.91 Å². The van der Waals surface area contributed by atoms with Gasteiger partial charge >= 0.3 is 0 Å². The molecule has 0 saturated carbocycles. The molecule has 1 fully saturated rings. The lowest BCUT2D eigenvalue weighted by molar-refractivity contribution is 0.0650. The van der Waals surface area contributed by atoms with E-state index < -0.39 is 0 Å². The Morgan fingerprint density at radius 3 is 2.77 bits per heavy atom. The van der Waals surface area contributed by atoms with E-state index >= 15 is 0 Å². The Bertz CT molecular complexity index is 726. The number of likely N-dealkylation sites (tertiary alicyclic amines) is 1. The Hall–Kier alpha value is -2.17. The molecule has 1 atom stereocenters. The van der Waals surface area contributed by atoms with Crippen LogP contribution in [0.4, 0.5) is 5.82 Å². The van der Waals surface area contributed by atoms with Gasteiger partial charge in [0.1, 0.15) is 12.1 Å². The van der Waals surface area contributed by atoms with Crippen LogP contribution in [0.2, 0.25) is 0 Å². The highest BCUT2D eigenvalue weighted by Gasteiger charge is 2.39. The van der Waals surface area contributed by atoms with Crippen LogP contribution in [0.5, 0.6) is 0 Å². The van der Waals surface area contributed by atoms with Crippen LogP contribution in [0.3, 0.4) is 0 Å². The topological polar surface area (TPSA) is 58.1 Å². The number of carbonyl (C=O) groups excluding carboxylic acids is 1. The van der Waals surface area contributed by atoms with Gasteiger partial charge in [-0.15, -0.1) is 0 Å². The molecule has 1 aromatic heterocycles. The number of nitrogens with one attached hydrogen (secondary N) is 1. The SMILES string of the molecule is CNc1ncnc2cc(C(=O)N3CC(C)CC3(C)C)ccc12. The van der Waals surface area contributed by atoms with E-state index in [0.717, 1.165) is 29.7 Å². The minimum atomic E-state index is -0.0900. The maximum Gasteiger partial charge on any atom is 0.254 e. The molecule has 2 aromatic rings. The van der Waals surface area contributed by atoms with Crippen molar-refractivity contribution in [2.45, 2.75) is 32.7 Å². The molecule has 0 radical (unpaired) electrons. The van der Waals surface area contributed by atoms with Crippen LogP contribution in [0.15, 0.2) is 24.5 Å². The normalized spacial score (nSPS) is 20.4. The summed E-state index contributed by atoms with van der Waals surface area (Å²) in [7, 11) is 1.83. The highest BCUT2D eigenvalue weighted by molar-refractivity contribution is 6.00. The van der Waals surface area contributed by atoms with E-state index in [4.69, 9.17) is 0 Å². The van der Waals surface area contributed by atoms with Gasteiger partial charge < -0.3 is 10.2 Å². The number of amides is 1. The predicted molar refractivity (Wildman–Crippen MR) is 88.0 cm³/mol. The molecule has 5 nitrogen and oxygen atoms in total. The molecule has 2 heterocycles. The van der Waals surface area contributed by atoms with Crippen LogP contribution in [0, 0.1) is 5.92 Å². The Morgan fingerprint density at radius 2 is 2.14 bits per heavy atom. The van der Waals surface area contributed by atoms with Gasteiger partial charge in [0, 0.05) is 30.1 Å². The molecule has 116 valence electrons. The van der Waals surface area contributed by atoms with Gasteiger partial charge in [-0.1, -0.05) is 6.92 Å². The zero-order valence-corrected chi connectivity index (χ0v) is 13.6. The fraction of sp³-hybridized carbons (Fsp3) is 0.471. The van der Waals surface area contributed by atoms with Gasteiger partial charge in [-0.2, -0.15) is 0 Å². The summed E-state index contributed by atoms with van der Waals surface area (Å²) in [6.45, 7) is 7.28. The highest BCUT2D eigenvalue weighted by atomic mass is 16.2. The number of aromatic nitrogens is 2. The number of carbonyl (C=O) groups is 1. The molecule has 1 unspecified atom stereocenters. The standard InChI is InChI=1S/C17H22N4O/c1-11-8-17(2,3)21(9-11)16(22)12-5-6-13-14(7-12)19-10-20-15(13)18-4/h5-7,10-11H,8-9H2,1-4H3,(H,18,19,20). The van der Waals surface area contributed by atoms with Crippen LogP contribution in [-0.2, 0) is 0 Å². The molecule has 1 aliphatic rings. The van der Waals surface area contributed by atoms with Gasteiger partial charge in [0.05, 0.1) is 5.52 Å². The zero-order chi connectivity index (χ0) is 15.9. The molecule has 1 aliphatic heterocycles. The molecule has 5 heteroatoms. The summed E-state index contributed by atoms with van der Waals surface area (Å²) < 4.78 is 0. The Balaban J connectivity index is 1.98. The maximum atomic E-state index is 12.9. The van der Waals surface area contributed by atoms with Gasteiger partial charge in [-0.25, -0.2) is 9.97 Å². The number of fused-ring (bicyclic) bond motifs is 1. The molecule has 1 N–H and O–H groups in total. The van der Waals surface area contributed by atoms with Gasteiger partial charge in [-0.05, 0) is 44.4 Å². The molecule has 0 spiro atoms. The van der Waals surface area contributed by atoms with Crippen molar-refractivity contribution in [2.75, 3.05) is 18.9 Å². The third-order valence-electron chi connectivity index (χ3n) is 4.44. The van der Waals surface area contributed by atoms with E-state index in [0.29, 0.717) is 11.5 Å². The molecule has 1 aromatic carbocycles. The number of hydrogen-bond acceptors (Lipinski definition) is 4. The van der Waals surface area contributed by atoms with Crippen molar-refractivity contribution >= 4 is 22.6 Å².